The van der Waals surface area contributed by atoms with Crippen molar-refractivity contribution in [1.29, 1.82) is 5.26 Å². The molecule has 1 N–H and O–H groups in total. The average Bonchev–Trinajstić information content (AvgIpc) is 2.79. The van der Waals surface area contributed by atoms with Gasteiger partial charge in [-0.05, 0) is 71.0 Å². The van der Waals surface area contributed by atoms with Crippen molar-refractivity contribution in [3.63, 3.8) is 0 Å². The first-order valence-corrected chi connectivity index (χ1v) is 11.3. The Hall–Kier alpha value is -2.87. The molecule has 3 aromatic rings. The van der Waals surface area contributed by atoms with Crippen LogP contribution in [0.25, 0.3) is 0 Å². The largest absolute Gasteiger partial charge is 0.493 e. The molecule has 0 aliphatic rings. The number of hydrogen-bond donors (Lipinski definition) is 1. The van der Waals surface area contributed by atoms with Crippen LogP contribution < -0.4 is 14.9 Å². The molecule has 0 aliphatic carbocycles. The number of aromatic nitrogens is 1. The third-order valence-electron chi connectivity index (χ3n) is 4.57. The summed E-state index contributed by atoms with van der Waals surface area (Å²) in [7, 11) is 3.13. The molecule has 0 unspecified atom stereocenters. The molecule has 0 aliphatic heterocycles. The molecule has 0 amide bonds. The van der Waals surface area contributed by atoms with E-state index in [1.807, 2.05) is 37.3 Å². The molecule has 1 aromatic heterocycles. The van der Waals surface area contributed by atoms with Gasteiger partial charge in [-0.15, -0.1) is 0 Å². The molecule has 0 atom stereocenters. The van der Waals surface area contributed by atoms with Gasteiger partial charge >= 0.3 is 0 Å². The van der Waals surface area contributed by atoms with Crippen LogP contribution in [0.2, 0.25) is 5.02 Å². The Balaban J connectivity index is 1.77. The van der Waals surface area contributed by atoms with Crippen molar-refractivity contribution in [1.82, 2.24) is 4.98 Å². The van der Waals surface area contributed by atoms with Crippen molar-refractivity contribution in [2.75, 3.05) is 19.6 Å². The molecule has 0 spiro atoms. The highest BCUT2D eigenvalue weighted by atomic mass is 127. The van der Waals surface area contributed by atoms with Gasteiger partial charge in [-0.3, -0.25) is 5.43 Å². The summed E-state index contributed by atoms with van der Waals surface area (Å²) >= 11 is 8.72. The van der Waals surface area contributed by atoms with E-state index in [2.05, 4.69) is 44.2 Å². The summed E-state index contributed by atoms with van der Waals surface area (Å²) in [6.45, 7) is 2.51. The van der Waals surface area contributed by atoms with Crippen molar-refractivity contribution >= 4 is 46.2 Å². The van der Waals surface area contributed by atoms with Crippen LogP contribution in [-0.4, -0.2) is 25.4 Å². The molecule has 0 fully saturated rings. The van der Waals surface area contributed by atoms with E-state index in [4.69, 9.17) is 25.8 Å². The predicted molar refractivity (Wildman–Crippen MR) is 137 cm³/mol. The molecule has 0 saturated carbocycles. The minimum absolute atomic E-state index is 0.307. The molecular formula is C24H22ClIN4O3. The lowest BCUT2D eigenvalue weighted by atomic mass is 10.1. The second-order valence-electron chi connectivity index (χ2n) is 7.01. The normalized spacial score (nSPS) is 10.8. The van der Waals surface area contributed by atoms with Crippen LogP contribution >= 0.6 is 34.2 Å². The Morgan fingerprint density at radius 1 is 1.18 bits per heavy atom. The Morgan fingerprint density at radius 3 is 2.61 bits per heavy atom. The van der Waals surface area contributed by atoms with Gasteiger partial charge in [0.05, 0.1) is 25.0 Å². The maximum atomic E-state index is 9.53. The summed E-state index contributed by atoms with van der Waals surface area (Å²) in [4.78, 5) is 4.37. The topological polar surface area (TPSA) is 88.8 Å². The van der Waals surface area contributed by atoms with Gasteiger partial charge < -0.3 is 14.2 Å². The lowest BCUT2D eigenvalue weighted by molar-refractivity contribution is 0.184. The summed E-state index contributed by atoms with van der Waals surface area (Å²) in [6, 6.07) is 15.5. The molecule has 0 radical (unpaired) electrons. The number of ether oxygens (including phenoxy) is 3. The summed E-state index contributed by atoms with van der Waals surface area (Å²) in [5, 5.41) is 14.2. The number of nitrogens with one attached hydrogen (secondary N) is 1. The Kier molecular flexibility index (Phi) is 8.88. The van der Waals surface area contributed by atoms with Gasteiger partial charge in [-0.25, -0.2) is 4.98 Å². The first-order valence-electron chi connectivity index (χ1n) is 9.88. The number of anilines is 1. The molecular weight excluding hydrogens is 555 g/mol. The smallest absolute Gasteiger partial charge is 0.180 e. The summed E-state index contributed by atoms with van der Waals surface area (Å²) in [5.74, 6) is 1.30. The fourth-order valence-corrected chi connectivity index (χ4v) is 3.71. The van der Waals surface area contributed by atoms with Crippen LogP contribution in [0.15, 0.2) is 47.6 Å². The Labute approximate surface area is 211 Å². The third-order valence-corrected chi connectivity index (χ3v) is 5.57. The van der Waals surface area contributed by atoms with E-state index < -0.39 is 0 Å². The molecule has 7 nitrogen and oxygen atoms in total. The predicted octanol–water partition coefficient (Wildman–Crippen LogP) is 5.70. The fourth-order valence-electron chi connectivity index (χ4n) is 3.07. The van der Waals surface area contributed by atoms with Gasteiger partial charge in [0, 0.05) is 21.9 Å². The molecule has 0 saturated heterocycles. The number of hydrazone groups is 1. The molecule has 33 heavy (non-hydrogen) atoms. The van der Waals surface area contributed by atoms with Gasteiger partial charge in [0.15, 0.2) is 17.3 Å². The zero-order valence-electron chi connectivity index (χ0n) is 18.4. The maximum absolute atomic E-state index is 9.53. The molecule has 0 bridgehead atoms. The standard InChI is InChI=1S/C24H22ClIN4O3/c1-15-8-18(14-31-2)20(11-27)24(29-15)30-28-12-17-9-21(25)23(22(10-17)32-3)33-13-16-4-6-19(26)7-5-16/h4-10,12H,13-14H2,1-3H3,(H,29,30). The SMILES string of the molecule is COCc1cc(C)nc(NN=Cc2cc(Cl)c(OCc3ccc(I)cc3)c(OC)c2)c1C#N. The first-order chi connectivity index (χ1) is 15.9. The number of rotatable bonds is 9. The minimum Gasteiger partial charge on any atom is -0.493 e. The van der Waals surface area contributed by atoms with E-state index in [0.717, 1.165) is 20.4 Å². The van der Waals surface area contributed by atoms with Crippen molar-refractivity contribution < 1.29 is 14.2 Å². The van der Waals surface area contributed by atoms with Crippen LogP contribution in [0.5, 0.6) is 11.5 Å². The van der Waals surface area contributed by atoms with Gasteiger partial charge in [-0.1, -0.05) is 23.7 Å². The van der Waals surface area contributed by atoms with Crippen LogP contribution in [0.3, 0.4) is 0 Å². The molecule has 1 heterocycles. The monoisotopic (exact) mass is 576 g/mol. The summed E-state index contributed by atoms with van der Waals surface area (Å²) in [5.41, 5.74) is 6.42. The second kappa shape index (κ2) is 11.8. The number of hydrogen-bond acceptors (Lipinski definition) is 7. The van der Waals surface area contributed by atoms with Crippen LogP contribution in [0.4, 0.5) is 5.82 Å². The van der Waals surface area contributed by atoms with E-state index in [1.165, 1.54) is 0 Å². The fraction of sp³-hybridized carbons (Fsp3) is 0.208. The van der Waals surface area contributed by atoms with Gasteiger partial charge in [0.1, 0.15) is 18.2 Å². The van der Waals surface area contributed by atoms with Crippen LogP contribution in [0.1, 0.15) is 27.9 Å². The Morgan fingerprint density at radius 2 is 1.94 bits per heavy atom. The van der Waals surface area contributed by atoms with E-state index >= 15 is 0 Å². The van der Waals surface area contributed by atoms with E-state index in [0.29, 0.717) is 46.7 Å². The lowest BCUT2D eigenvalue weighted by Crippen LogP contribution is -2.03. The zero-order chi connectivity index (χ0) is 23.8. The van der Waals surface area contributed by atoms with E-state index in [9.17, 15) is 5.26 Å². The summed E-state index contributed by atoms with van der Waals surface area (Å²) in [6.07, 6.45) is 1.57. The van der Waals surface area contributed by atoms with Gasteiger partial charge in [0.25, 0.3) is 0 Å². The third kappa shape index (κ3) is 6.57. The highest BCUT2D eigenvalue weighted by Gasteiger charge is 2.13. The van der Waals surface area contributed by atoms with Crippen LogP contribution in [-0.2, 0) is 18.0 Å². The lowest BCUT2D eigenvalue weighted by Gasteiger charge is -2.13. The van der Waals surface area contributed by atoms with Crippen molar-refractivity contribution in [2.45, 2.75) is 20.1 Å². The molecule has 9 heteroatoms. The van der Waals surface area contributed by atoms with Crippen LogP contribution in [0, 0.1) is 21.8 Å². The maximum Gasteiger partial charge on any atom is 0.180 e. The Bertz CT molecular complexity index is 1190. The second-order valence-corrected chi connectivity index (χ2v) is 8.66. The number of pyridine rings is 1. The quantitative estimate of drug-likeness (QED) is 0.200. The molecule has 2 aromatic carbocycles. The number of benzene rings is 2. The molecule has 3 rings (SSSR count). The van der Waals surface area contributed by atoms with Crippen molar-refractivity contribution in [3.05, 3.63) is 79.0 Å². The van der Waals surface area contributed by atoms with Gasteiger partial charge in [-0.2, -0.15) is 10.4 Å². The average molecular weight is 577 g/mol. The van der Waals surface area contributed by atoms with Crippen molar-refractivity contribution in [2.24, 2.45) is 5.10 Å². The number of aryl methyl sites for hydroxylation is 1. The molecule has 170 valence electrons. The number of nitrogens with zero attached hydrogens (tertiary/aromatic N) is 3. The number of methoxy groups -OCH3 is 2. The van der Waals surface area contributed by atoms with E-state index in [-0.39, 0.29) is 0 Å². The van der Waals surface area contributed by atoms with E-state index in [1.54, 1.807) is 32.6 Å². The first kappa shape index (κ1) is 24.8. The number of halogens is 2. The van der Waals surface area contributed by atoms with Gasteiger partial charge in [0.2, 0.25) is 0 Å². The minimum atomic E-state index is 0.307. The summed E-state index contributed by atoms with van der Waals surface area (Å²) < 4.78 is 17.7. The highest BCUT2D eigenvalue weighted by Crippen LogP contribution is 2.36. The van der Waals surface area contributed by atoms with Crippen molar-refractivity contribution in [3.8, 4) is 17.6 Å². The number of nitriles is 1. The highest BCUT2D eigenvalue weighted by molar-refractivity contribution is 14.1. The zero-order valence-corrected chi connectivity index (χ0v) is 21.3.